The maximum absolute atomic E-state index is 12.9. The van der Waals surface area contributed by atoms with Crippen molar-refractivity contribution in [2.45, 2.75) is 56.1 Å². The van der Waals surface area contributed by atoms with Crippen LogP contribution in [0.2, 0.25) is 0 Å². The predicted octanol–water partition coefficient (Wildman–Crippen LogP) is 3.11. The van der Waals surface area contributed by atoms with E-state index in [4.69, 9.17) is 0 Å². The van der Waals surface area contributed by atoms with Gasteiger partial charge in [0.1, 0.15) is 11.6 Å². The lowest BCUT2D eigenvalue weighted by atomic mass is 10.2. The molecule has 1 aliphatic carbocycles. The molecule has 5 nitrogen and oxygen atoms in total. The Labute approximate surface area is 145 Å². The fourth-order valence-corrected chi connectivity index (χ4v) is 3.42. The highest BCUT2D eigenvalue weighted by Crippen LogP contribution is 2.40. The van der Waals surface area contributed by atoms with Crippen molar-refractivity contribution in [2.75, 3.05) is 0 Å². The van der Waals surface area contributed by atoms with E-state index < -0.39 is 0 Å². The first-order valence-electron chi connectivity index (χ1n) is 8.20. The summed E-state index contributed by atoms with van der Waals surface area (Å²) in [5, 5.41) is 11.9. The predicted molar refractivity (Wildman–Crippen MR) is 91.2 cm³/mol. The molecule has 3 rings (SSSR count). The molecule has 128 valence electrons. The highest BCUT2D eigenvalue weighted by Gasteiger charge is 2.30. The van der Waals surface area contributed by atoms with Gasteiger partial charge in [-0.1, -0.05) is 23.9 Å². The average molecular weight is 348 g/mol. The third-order valence-electron chi connectivity index (χ3n) is 4.04. The zero-order chi connectivity index (χ0) is 17.1. The van der Waals surface area contributed by atoms with Crippen LogP contribution in [0.5, 0.6) is 0 Å². The topological polar surface area (TPSA) is 59.8 Å². The Morgan fingerprint density at radius 2 is 2.08 bits per heavy atom. The van der Waals surface area contributed by atoms with Crippen molar-refractivity contribution >= 4 is 17.7 Å². The largest absolute Gasteiger partial charge is 0.351 e. The van der Waals surface area contributed by atoms with Gasteiger partial charge in [-0.2, -0.15) is 0 Å². The van der Waals surface area contributed by atoms with E-state index in [-0.39, 0.29) is 17.0 Å². The second kappa shape index (κ2) is 7.34. The van der Waals surface area contributed by atoms with E-state index in [2.05, 4.69) is 27.0 Å². The molecule has 24 heavy (non-hydrogen) atoms. The van der Waals surface area contributed by atoms with Crippen LogP contribution in [-0.4, -0.2) is 25.9 Å². The van der Waals surface area contributed by atoms with Crippen molar-refractivity contribution in [1.82, 2.24) is 20.1 Å². The van der Waals surface area contributed by atoms with Crippen molar-refractivity contribution in [1.29, 1.82) is 0 Å². The van der Waals surface area contributed by atoms with Crippen LogP contribution in [0.1, 0.15) is 44.0 Å². The average Bonchev–Trinajstić information content (AvgIpc) is 3.35. The second-order valence-corrected chi connectivity index (χ2v) is 7.27. The Morgan fingerprint density at radius 1 is 1.38 bits per heavy atom. The molecule has 2 aromatic rings. The van der Waals surface area contributed by atoms with Crippen LogP contribution in [0.4, 0.5) is 4.39 Å². The number of aromatic nitrogens is 3. The number of carbonyl (C=O) groups is 1. The monoisotopic (exact) mass is 348 g/mol. The first kappa shape index (κ1) is 17.0. The molecule has 1 fully saturated rings. The van der Waals surface area contributed by atoms with Crippen molar-refractivity contribution in [3.05, 3.63) is 41.5 Å². The van der Waals surface area contributed by atoms with Gasteiger partial charge in [0, 0.05) is 19.0 Å². The summed E-state index contributed by atoms with van der Waals surface area (Å²) in [5.41, 5.74) is 0.870. The maximum Gasteiger partial charge on any atom is 0.233 e. The van der Waals surface area contributed by atoms with Crippen molar-refractivity contribution in [3.8, 4) is 0 Å². The first-order chi connectivity index (χ1) is 11.6. The molecule has 0 spiro atoms. The molecule has 1 atom stereocenters. The SMILES string of the molecule is CCn1c(S[C@@H](C)C(=O)NCc2ccc(F)cc2)nnc1C1CC1. The highest BCUT2D eigenvalue weighted by molar-refractivity contribution is 8.00. The highest BCUT2D eigenvalue weighted by atomic mass is 32.2. The molecule has 1 saturated carbocycles. The van der Waals surface area contributed by atoms with Gasteiger partial charge in [-0.05, 0) is 44.4 Å². The van der Waals surface area contributed by atoms with E-state index in [1.807, 2.05) is 6.92 Å². The number of carbonyl (C=O) groups excluding carboxylic acids is 1. The van der Waals surface area contributed by atoms with E-state index in [0.29, 0.717) is 12.5 Å². The summed E-state index contributed by atoms with van der Waals surface area (Å²) in [4.78, 5) is 12.3. The quantitative estimate of drug-likeness (QED) is 0.781. The molecule has 0 aliphatic heterocycles. The van der Waals surface area contributed by atoms with Crippen molar-refractivity contribution < 1.29 is 9.18 Å². The molecule has 7 heteroatoms. The third kappa shape index (κ3) is 3.95. The second-order valence-electron chi connectivity index (χ2n) is 5.96. The fourth-order valence-electron chi connectivity index (χ4n) is 2.47. The molecule has 0 unspecified atom stereocenters. The zero-order valence-electron chi connectivity index (χ0n) is 13.8. The van der Waals surface area contributed by atoms with Gasteiger partial charge < -0.3 is 9.88 Å². The van der Waals surface area contributed by atoms with Crippen molar-refractivity contribution in [2.24, 2.45) is 0 Å². The van der Waals surface area contributed by atoms with Crippen LogP contribution in [0.15, 0.2) is 29.4 Å². The summed E-state index contributed by atoms with van der Waals surface area (Å²) in [7, 11) is 0. The van der Waals surface area contributed by atoms with E-state index in [9.17, 15) is 9.18 Å². The minimum atomic E-state index is -0.278. The first-order valence-corrected chi connectivity index (χ1v) is 9.08. The maximum atomic E-state index is 12.9. The van der Waals surface area contributed by atoms with Gasteiger partial charge in [-0.25, -0.2) is 4.39 Å². The molecule has 0 saturated heterocycles. The summed E-state index contributed by atoms with van der Waals surface area (Å²) in [6.45, 7) is 5.12. The molecule has 1 amide bonds. The number of amides is 1. The summed E-state index contributed by atoms with van der Waals surface area (Å²) >= 11 is 1.42. The van der Waals surface area contributed by atoms with Gasteiger partial charge in [-0.15, -0.1) is 10.2 Å². The Morgan fingerprint density at radius 3 is 2.71 bits per heavy atom. The summed E-state index contributed by atoms with van der Waals surface area (Å²) in [5.74, 6) is 1.23. The van der Waals surface area contributed by atoms with Crippen molar-refractivity contribution in [3.63, 3.8) is 0 Å². The molecule has 0 radical (unpaired) electrons. The number of nitrogens with zero attached hydrogens (tertiary/aromatic N) is 3. The van der Waals surface area contributed by atoms with Gasteiger partial charge in [0.15, 0.2) is 5.16 Å². The van der Waals surface area contributed by atoms with Crippen LogP contribution in [-0.2, 0) is 17.9 Å². The van der Waals surface area contributed by atoms with Gasteiger partial charge in [0.05, 0.1) is 5.25 Å². The van der Waals surface area contributed by atoms with E-state index >= 15 is 0 Å². The smallest absolute Gasteiger partial charge is 0.233 e. The Hall–Kier alpha value is -1.89. The molecule has 0 bridgehead atoms. The fraction of sp³-hybridized carbons (Fsp3) is 0.471. The summed E-state index contributed by atoms with van der Waals surface area (Å²) in [6.07, 6.45) is 2.35. The molecule has 1 heterocycles. The van der Waals surface area contributed by atoms with E-state index in [0.717, 1.165) is 23.1 Å². The van der Waals surface area contributed by atoms with E-state index in [1.54, 1.807) is 12.1 Å². The van der Waals surface area contributed by atoms with Crippen LogP contribution in [0, 0.1) is 5.82 Å². The number of nitrogens with one attached hydrogen (secondary N) is 1. The summed E-state index contributed by atoms with van der Waals surface area (Å²) in [6, 6.07) is 6.12. The number of rotatable bonds is 7. The van der Waals surface area contributed by atoms with Gasteiger partial charge in [-0.3, -0.25) is 4.79 Å². The molecule has 1 aliphatic rings. The lowest BCUT2D eigenvalue weighted by Gasteiger charge is -2.12. The minimum absolute atomic E-state index is 0.0667. The normalized spacial score (nSPS) is 15.3. The number of benzene rings is 1. The van der Waals surface area contributed by atoms with Crippen LogP contribution < -0.4 is 5.32 Å². The molecule has 1 aromatic heterocycles. The Kier molecular flexibility index (Phi) is 5.18. The van der Waals surface area contributed by atoms with Gasteiger partial charge in [0.25, 0.3) is 0 Å². The standard InChI is InChI=1S/C17H21FN4OS/c1-3-22-15(13-6-7-13)20-21-17(22)24-11(2)16(23)19-10-12-4-8-14(18)9-5-12/h4-5,8-9,11,13H,3,6-7,10H2,1-2H3,(H,19,23)/t11-/m0/s1. The van der Waals surface area contributed by atoms with Gasteiger partial charge >= 0.3 is 0 Å². The molecule has 1 aromatic carbocycles. The zero-order valence-corrected chi connectivity index (χ0v) is 14.6. The number of hydrogen-bond donors (Lipinski definition) is 1. The molecular weight excluding hydrogens is 327 g/mol. The van der Waals surface area contributed by atoms with Gasteiger partial charge in [0.2, 0.25) is 5.91 Å². The Bertz CT molecular complexity index is 712. The van der Waals surface area contributed by atoms with E-state index in [1.165, 1.54) is 36.7 Å². The lowest BCUT2D eigenvalue weighted by molar-refractivity contribution is -0.120. The number of hydrogen-bond acceptors (Lipinski definition) is 4. The third-order valence-corrected chi connectivity index (χ3v) is 5.12. The van der Waals surface area contributed by atoms with Crippen LogP contribution in [0.25, 0.3) is 0 Å². The van der Waals surface area contributed by atoms with Crippen LogP contribution >= 0.6 is 11.8 Å². The number of thioether (sulfide) groups is 1. The minimum Gasteiger partial charge on any atom is -0.351 e. The Balaban J connectivity index is 1.57. The van der Waals surface area contributed by atoms with Crippen LogP contribution in [0.3, 0.4) is 0 Å². The molecule has 1 N–H and O–H groups in total. The lowest BCUT2D eigenvalue weighted by Crippen LogP contribution is -2.30. The summed E-state index contributed by atoms with van der Waals surface area (Å²) < 4.78 is 15.0. The number of halogens is 1. The molecular formula is C17H21FN4OS.